The molecule has 0 amide bonds. The molecule has 5 nitrogen and oxygen atoms in total. The maximum Gasteiger partial charge on any atom is 0.215 e. The summed E-state index contributed by atoms with van der Waals surface area (Å²) in [6.07, 6.45) is 0. The van der Waals surface area contributed by atoms with E-state index in [0.717, 1.165) is 20.9 Å². The summed E-state index contributed by atoms with van der Waals surface area (Å²) in [5.41, 5.74) is 7.88. The van der Waals surface area contributed by atoms with Crippen LogP contribution in [0.25, 0.3) is 26.1 Å². The number of para-hydroxylation sites is 1. The molecule has 4 rings (SSSR count). The van der Waals surface area contributed by atoms with Crippen LogP contribution in [0.4, 0.5) is 11.5 Å². The summed E-state index contributed by atoms with van der Waals surface area (Å²) < 4.78 is 3.06. The molecule has 0 radical (unpaired) electrons. The van der Waals surface area contributed by atoms with E-state index >= 15 is 0 Å². The van der Waals surface area contributed by atoms with Crippen molar-refractivity contribution in [1.82, 2.24) is 9.38 Å². The lowest BCUT2D eigenvalue weighted by atomic mass is 10.2. The van der Waals surface area contributed by atoms with Crippen molar-refractivity contribution in [2.45, 2.75) is 19.9 Å². The molecule has 0 saturated heterocycles. The van der Waals surface area contributed by atoms with E-state index in [1.165, 1.54) is 11.3 Å². The molecule has 23 heavy (non-hydrogen) atoms. The summed E-state index contributed by atoms with van der Waals surface area (Å²) in [5.74, 6) is 0.751. The molecule has 116 valence electrons. The molecule has 0 bridgehead atoms. The van der Waals surface area contributed by atoms with Gasteiger partial charge in [0.25, 0.3) is 0 Å². The minimum absolute atomic E-state index is 0.157. The fraction of sp³-hybridized carbons (Fsp3) is 0.176. The van der Waals surface area contributed by atoms with E-state index in [1.54, 1.807) is 6.07 Å². The van der Waals surface area contributed by atoms with Crippen molar-refractivity contribution < 1.29 is 0 Å². The molecule has 0 aliphatic rings. The third-order valence-electron chi connectivity index (χ3n) is 3.76. The Balaban J connectivity index is 2.21. The number of hydrogen-bond acceptors (Lipinski definition) is 5. The van der Waals surface area contributed by atoms with Crippen LogP contribution in [-0.2, 0) is 0 Å². The molecule has 0 spiro atoms. The van der Waals surface area contributed by atoms with Crippen LogP contribution in [0.1, 0.15) is 13.8 Å². The summed E-state index contributed by atoms with van der Waals surface area (Å²) in [5, 5.41) is 3.82. The van der Waals surface area contributed by atoms with Crippen LogP contribution in [0, 0.1) is 0 Å². The first-order chi connectivity index (χ1) is 11.1. The monoisotopic (exact) mass is 324 g/mol. The normalized spacial score (nSPS) is 11.8. The molecular weight excluding hydrogens is 308 g/mol. The second kappa shape index (κ2) is 4.96. The zero-order chi connectivity index (χ0) is 16.1. The van der Waals surface area contributed by atoms with E-state index in [2.05, 4.69) is 24.1 Å². The molecule has 3 N–H and O–H groups in total. The summed E-state index contributed by atoms with van der Waals surface area (Å²) in [4.78, 5) is 18.0. The summed E-state index contributed by atoms with van der Waals surface area (Å²) in [6, 6.07) is 11.9. The maximum atomic E-state index is 12.6. The molecule has 0 aliphatic carbocycles. The fourth-order valence-electron chi connectivity index (χ4n) is 2.79. The van der Waals surface area contributed by atoms with Gasteiger partial charge in [0.15, 0.2) is 5.65 Å². The number of anilines is 2. The van der Waals surface area contributed by atoms with Gasteiger partial charge in [-0.3, -0.25) is 9.20 Å². The van der Waals surface area contributed by atoms with Crippen molar-refractivity contribution in [3.63, 3.8) is 0 Å². The topological polar surface area (TPSA) is 72.4 Å². The predicted molar refractivity (Wildman–Crippen MR) is 97.5 cm³/mol. The van der Waals surface area contributed by atoms with Crippen LogP contribution in [0.2, 0.25) is 0 Å². The highest BCUT2D eigenvalue weighted by molar-refractivity contribution is 7.24. The first-order valence-electron chi connectivity index (χ1n) is 7.45. The molecule has 6 heteroatoms. The zero-order valence-corrected chi connectivity index (χ0v) is 13.6. The summed E-state index contributed by atoms with van der Waals surface area (Å²) in [6.45, 7) is 4.10. The van der Waals surface area contributed by atoms with E-state index in [0.29, 0.717) is 11.0 Å². The van der Waals surface area contributed by atoms with Gasteiger partial charge < -0.3 is 11.1 Å². The van der Waals surface area contributed by atoms with Gasteiger partial charge in [0.1, 0.15) is 16.3 Å². The number of pyridine rings is 2. The number of nitrogens with one attached hydrogen (secondary N) is 1. The Labute approximate surface area is 136 Å². The van der Waals surface area contributed by atoms with Crippen LogP contribution < -0.4 is 16.5 Å². The average molecular weight is 324 g/mol. The quantitative estimate of drug-likeness (QED) is 0.592. The minimum Gasteiger partial charge on any atom is -0.393 e. The maximum absolute atomic E-state index is 12.6. The summed E-state index contributed by atoms with van der Waals surface area (Å²) >= 11 is 1.51. The van der Waals surface area contributed by atoms with Crippen molar-refractivity contribution in [2.24, 2.45) is 0 Å². The molecule has 0 aliphatic heterocycles. The second-order valence-electron chi connectivity index (χ2n) is 5.82. The Morgan fingerprint density at radius 3 is 2.78 bits per heavy atom. The number of aromatic nitrogens is 2. The molecule has 3 aromatic heterocycles. The first-order valence-corrected chi connectivity index (χ1v) is 8.27. The number of nitrogens with zero attached hydrogens (tertiary/aromatic N) is 2. The van der Waals surface area contributed by atoms with Gasteiger partial charge in [-0.15, -0.1) is 11.3 Å². The predicted octanol–water partition coefficient (Wildman–Crippen LogP) is 3.46. The number of nitrogen functional groups attached to an aromatic ring is 1. The minimum atomic E-state index is -0.157. The molecule has 0 atom stereocenters. The number of fused-ring (bicyclic) bond motifs is 5. The molecule has 0 unspecified atom stereocenters. The van der Waals surface area contributed by atoms with Gasteiger partial charge in [0.2, 0.25) is 5.43 Å². The average Bonchev–Trinajstić information content (AvgIpc) is 2.91. The first kappa shape index (κ1) is 14.0. The molecule has 3 heterocycles. The Morgan fingerprint density at radius 2 is 2.00 bits per heavy atom. The van der Waals surface area contributed by atoms with E-state index < -0.39 is 0 Å². The van der Waals surface area contributed by atoms with E-state index in [1.807, 2.05) is 34.7 Å². The fourth-order valence-corrected chi connectivity index (χ4v) is 3.89. The van der Waals surface area contributed by atoms with Crippen LogP contribution in [0.5, 0.6) is 0 Å². The van der Waals surface area contributed by atoms with E-state index in [9.17, 15) is 4.79 Å². The molecule has 0 fully saturated rings. The molecular formula is C17H16N4OS. The number of hydrogen-bond donors (Lipinski definition) is 2. The van der Waals surface area contributed by atoms with Crippen LogP contribution in [0.15, 0.2) is 41.2 Å². The van der Waals surface area contributed by atoms with Gasteiger partial charge in [0.05, 0.1) is 15.6 Å². The molecule has 4 aromatic rings. The van der Waals surface area contributed by atoms with Crippen molar-refractivity contribution >= 4 is 48.9 Å². The highest BCUT2D eigenvalue weighted by Crippen LogP contribution is 2.31. The lowest BCUT2D eigenvalue weighted by molar-refractivity contribution is 0.890. The Hall–Kier alpha value is -2.60. The Bertz CT molecular complexity index is 1110. The SMILES string of the molecule is CC(C)Nc1ccc2c(=O)c(N)c3sc4ccccc4n3c2n1. The zero-order valence-electron chi connectivity index (χ0n) is 12.8. The van der Waals surface area contributed by atoms with Gasteiger partial charge in [-0.05, 0) is 38.1 Å². The van der Waals surface area contributed by atoms with E-state index in [4.69, 9.17) is 5.73 Å². The van der Waals surface area contributed by atoms with Gasteiger partial charge in [0, 0.05) is 6.04 Å². The summed E-state index contributed by atoms with van der Waals surface area (Å²) in [7, 11) is 0. The van der Waals surface area contributed by atoms with Crippen molar-refractivity contribution in [3.8, 4) is 0 Å². The van der Waals surface area contributed by atoms with Gasteiger partial charge in [-0.1, -0.05) is 12.1 Å². The smallest absolute Gasteiger partial charge is 0.215 e. The van der Waals surface area contributed by atoms with Gasteiger partial charge in [-0.2, -0.15) is 0 Å². The van der Waals surface area contributed by atoms with Gasteiger partial charge in [-0.25, -0.2) is 4.98 Å². The third-order valence-corrected chi connectivity index (χ3v) is 4.92. The van der Waals surface area contributed by atoms with Crippen molar-refractivity contribution in [3.05, 3.63) is 46.6 Å². The standard InChI is InChI=1S/C17H16N4OS/c1-9(2)19-13-8-7-10-15(22)14(18)17-21(16(10)20-13)11-5-3-4-6-12(11)23-17/h3-9H,18H2,1-2H3,(H,19,20). The number of benzene rings is 1. The highest BCUT2D eigenvalue weighted by atomic mass is 32.1. The Kier molecular flexibility index (Phi) is 3.02. The highest BCUT2D eigenvalue weighted by Gasteiger charge is 2.16. The van der Waals surface area contributed by atoms with Crippen molar-refractivity contribution in [2.75, 3.05) is 11.1 Å². The third kappa shape index (κ3) is 2.06. The number of thiazole rings is 1. The van der Waals surface area contributed by atoms with Crippen LogP contribution in [0.3, 0.4) is 0 Å². The molecule has 0 saturated carbocycles. The number of nitrogens with two attached hydrogens (primary N) is 1. The second-order valence-corrected chi connectivity index (χ2v) is 6.85. The molecule has 1 aromatic carbocycles. The van der Waals surface area contributed by atoms with Gasteiger partial charge >= 0.3 is 0 Å². The lowest BCUT2D eigenvalue weighted by Gasteiger charge is -2.11. The Morgan fingerprint density at radius 1 is 1.22 bits per heavy atom. The van der Waals surface area contributed by atoms with Crippen LogP contribution in [-0.4, -0.2) is 15.4 Å². The van der Waals surface area contributed by atoms with E-state index in [-0.39, 0.29) is 17.2 Å². The number of rotatable bonds is 2. The van der Waals surface area contributed by atoms with Crippen LogP contribution >= 0.6 is 11.3 Å². The lowest BCUT2D eigenvalue weighted by Crippen LogP contribution is -2.14. The largest absolute Gasteiger partial charge is 0.393 e. The van der Waals surface area contributed by atoms with Crippen molar-refractivity contribution in [1.29, 1.82) is 0 Å².